The highest BCUT2D eigenvalue weighted by atomic mass is 28.4. The quantitative estimate of drug-likeness (QED) is 0.255. The van der Waals surface area contributed by atoms with Crippen molar-refractivity contribution in [1.82, 2.24) is 19.7 Å². The molecule has 0 aliphatic rings. The SMILES string of the molecule is Cc1nc([N+](=O)[O-])ccc1Oc1ccnc(-c2cnn(CCO[Si](C)(C)C(C)(C)C)c2)c1. The largest absolute Gasteiger partial charge is 0.453 e. The van der Waals surface area contributed by atoms with E-state index in [1.54, 1.807) is 37.5 Å². The number of aryl methyl sites for hydroxylation is 1. The monoisotopic (exact) mass is 455 g/mol. The Balaban J connectivity index is 1.67. The average molecular weight is 456 g/mol. The first-order valence-corrected chi connectivity index (χ1v) is 13.3. The molecule has 0 unspecified atom stereocenters. The van der Waals surface area contributed by atoms with Crippen molar-refractivity contribution < 1.29 is 14.1 Å². The van der Waals surface area contributed by atoms with Crippen molar-refractivity contribution in [3.63, 3.8) is 0 Å². The summed E-state index contributed by atoms with van der Waals surface area (Å²) in [5.41, 5.74) is 2.01. The van der Waals surface area contributed by atoms with Gasteiger partial charge in [0, 0.05) is 37.0 Å². The van der Waals surface area contributed by atoms with Crippen LogP contribution in [0.4, 0.5) is 5.82 Å². The van der Waals surface area contributed by atoms with Crippen molar-refractivity contribution in [3.8, 4) is 22.8 Å². The van der Waals surface area contributed by atoms with Crippen molar-refractivity contribution in [3.05, 3.63) is 58.7 Å². The molecule has 0 atom stereocenters. The molecule has 0 aromatic carbocycles. The van der Waals surface area contributed by atoms with Crippen LogP contribution in [-0.2, 0) is 11.0 Å². The molecule has 3 aromatic heterocycles. The van der Waals surface area contributed by atoms with E-state index in [2.05, 4.69) is 48.9 Å². The van der Waals surface area contributed by atoms with E-state index in [0.717, 1.165) is 5.56 Å². The number of ether oxygens (including phenoxy) is 1. The van der Waals surface area contributed by atoms with Crippen molar-refractivity contribution in [2.24, 2.45) is 0 Å². The van der Waals surface area contributed by atoms with Gasteiger partial charge in [0.2, 0.25) is 0 Å². The summed E-state index contributed by atoms with van der Waals surface area (Å²) in [7, 11) is -1.79. The summed E-state index contributed by atoms with van der Waals surface area (Å²) in [6, 6.07) is 6.39. The van der Waals surface area contributed by atoms with Crippen LogP contribution in [0.1, 0.15) is 26.5 Å². The van der Waals surface area contributed by atoms with E-state index in [9.17, 15) is 10.1 Å². The molecule has 0 aliphatic heterocycles. The number of hydrogen-bond acceptors (Lipinski definition) is 7. The van der Waals surface area contributed by atoms with Gasteiger partial charge in [-0.25, -0.2) is 0 Å². The minimum Gasteiger partial charge on any atom is -0.453 e. The summed E-state index contributed by atoms with van der Waals surface area (Å²) in [4.78, 5) is 18.7. The van der Waals surface area contributed by atoms with Gasteiger partial charge in [-0.3, -0.25) is 9.67 Å². The molecule has 0 amide bonds. The lowest BCUT2D eigenvalue weighted by atomic mass is 10.2. The van der Waals surface area contributed by atoms with E-state index in [4.69, 9.17) is 9.16 Å². The Morgan fingerprint density at radius 2 is 1.97 bits per heavy atom. The predicted molar refractivity (Wildman–Crippen MR) is 124 cm³/mol. The molecule has 10 heteroatoms. The molecule has 3 aromatic rings. The van der Waals surface area contributed by atoms with Gasteiger partial charge in [0.1, 0.15) is 5.75 Å². The van der Waals surface area contributed by atoms with E-state index in [0.29, 0.717) is 36.0 Å². The number of rotatable bonds is 8. The van der Waals surface area contributed by atoms with E-state index in [-0.39, 0.29) is 10.9 Å². The summed E-state index contributed by atoms with van der Waals surface area (Å²) in [5.74, 6) is 0.796. The van der Waals surface area contributed by atoms with Crippen molar-refractivity contribution >= 4 is 14.1 Å². The maximum Gasteiger partial charge on any atom is 0.363 e. The first kappa shape index (κ1) is 23.5. The van der Waals surface area contributed by atoms with Gasteiger partial charge in [0.25, 0.3) is 0 Å². The fourth-order valence-corrected chi connectivity index (χ4v) is 3.77. The Bertz CT molecular complexity index is 1110. The molecule has 0 N–H and O–H groups in total. The van der Waals surface area contributed by atoms with Gasteiger partial charge >= 0.3 is 5.82 Å². The van der Waals surface area contributed by atoms with Crippen LogP contribution in [0.5, 0.6) is 11.5 Å². The second-order valence-electron chi connectivity index (χ2n) is 9.09. The van der Waals surface area contributed by atoms with Gasteiger partial charge in [-0.05, 0) is 40.2 Å². The highest BCUT2D eigenvalue weighted by Crippen LogP contribution is 2.36. The highest BCUT2D eigenvalue weighted by Gasteiger charge is 2.36. The van der Waals surface area contributed by atoms with E-state index < -0.39 is 13.2 Å². The number of aromatic nitrogens is 4. The molecule has 3 heterocycles. The number of hydrogen-bond donors (Lipinski definition) is 0. The summed E-state index contributed by atoms with van der Waals surface area (Å²) >= 11 is 0. The zero-order chi connectivity index (χ0) is 23.5. The molecule has 170 valence electrons. The van der Waals surface area contributed by atoms with Crippen molar-refractivity contribution in [2.75, 3.05) is 6.61 Å². The highest BCUT2D eigenvalue weighted by molar-refractivity contribution is 6.74. The lowest BCUT2D eigenvalue weighted by Gasteiger charge is -2.36. The second kappa shape index (κ2) is 9.17. The second-order valence-corrected chi connectivity index (χ2v) is 13.9. The van der Waals surface area contributed by atoms with E-state index in [1.165, 1.54) is 6.07 Å². The Hall–Kier alpha value is -3.11. The molecule has 0 fully saturated rings. The Kier molecular flexibility index (Phi) is 6.75. The number of nitro groups is 1. The molecule has 0 radical (unpaired) electrons. The predicted octanol–water partition coefficient (Wildman–Crippen LogP) is 5.37. The number of nitrogens with zero attached hydrogens (tertiary/aromatic N) is 5. The first-order valence-electron chi connectivity index (χ1n) is 10.4. The van der Waals surface area contributed by atoms with Crippen LogP contribution in [0.15, 0.2) is 42.9 Å². The standard InChI is InChI=1S/C22H29N5O4Si/c1-16-20(7-8-21(25-16)27(28)29)31-18-9-10-23-19(13-18)17-14-24-26(15-17)11-12-30-32(5,6)22(2,3)4/h7-10,13-15H,11-12H2,1-6H3. The molecule has 0 aliphatic carbocycles. The summed E-state index contributed by atoms with van der Waals surface area (Å²) in [6.45, 7) is 14.1. The Morgan fingerprint density at radius 1 is 1.22 bits per heavy atom. The van der Waals surface area contributed by atoms with Crippen LogP contribution in [0, 0.1) is 17.0 Å². The summed E-state index contributed by atoms with van der Waals surface area (Å²) < 4.78 is 14.0. The molecule has 0 spiro atoms. The third kappa shape index (κ3) is 5.57. The van der Waals surface area contributed by atoms with Crippen LogP contribution < -0.4 is 4.74 Å². The van der Waals surface area contributed by atoms with E-state index >= 15 is 0 Å². The van der Waals surface area contributed by atoms with E-state index in [1.807, 2.05) is 10.9 Å². The molecule has 9 nitrogen and oxygen atoms in total. The van der Waals surface area contributed by atoms with Gasteiger partial charge < -0.3 is 19.3 Å². The molecule has 0 bridgehead atoms. The zero-order valence-corrected chi connectivity index (χ0v) is 20.3. The normalized spacial score (nSPS) is 12.1. The van der Waals surface area contributed by atoms with Crippen molar-refractivity contribution in [1.29, 1.82) is 0 Å². The third-order valence-electron chi connectivity index (χ3n) is 5.69. The maximum atomic E-state index is 10.9. The summed E-state index contributed by atoms with van der Waals surface area (Å²) in [5, 5.41) is 15.5. The smallest absolute Gasteiger partial charge is 0.363 e. The fraction of sp³-hybridized carbons (Fsp3) is 0.409. The van der Waals surface area contributed by atoms with Gasteiger partial charge in [0.15, 0.2) is 19.8 Å². The van der Waals surface area contributed by atoms with Crippen LogP contribution in [0.2, 0.25) is 18.1 Å². The maximum absolute atomic E-state index is 10.9. The summed E-state index contributed by atoms with van der Waals surface area (Å²) in [6.07, 6.45) is 5.34. The average Bonchev–Trinajstić information content (AvgIpc) is 3.17. The lowest BCUT2D eigenvalue weighted by Crippen LogP contribution is -2.41. The Labute approximate surface area is 188 Å². The fourth-order valence-electron chi connectivity index (χ4n) is 2.73. The third-order valence-corrected chi connectivity index (χ3v) is 10.2. The van der Waals surface area contributed by atoms with Gasteiger partial charge in [-0.1, -0.05) is 20.8 Å². The molecule has 0 saturated carbocycles. The lowest BCUT2D eigenvalue weighted by molar-refractivity contribution is -0.389. The first-order chi connectivity index (χ1) is 15.0. The zero-order valence-electron chi connectivity index (χ0n) is 19.3. The Morgan fingerprint density at radius 3 is 2.62 bits per heavy atom. The molecular weight excluding hydrogens is 426 g/mol. The molecule has 32 heavy (non-hydrogen) atoms. The van der Waals surface area contributed by atoms with Crippen LogP contribution in [0.3, 0.4) is 0 Å². The minimum absolute atomic E-state index is 0.171. The van der Waals surface area contributed by atoms with Gasteiger partial charge in [-0.2, -0.15) is 5.10 Å². The molecule has 3 rings (SSSR count). The molecular formula is C22H29N5O4Si. The van der Waals surface area contributed by atoms with Crippen molar-refractivity contribution in [2.45, 2.75) is 52.4 Å². The topological polar surface area (TPSA) is 105 Å². The van der Waals surface area contributed by atoms with Crippen LogP contribution in [-0.4, -0.2) is 39.6 Å². The van der Waals surface area contributed by atoms with Crippen LogP contribution in [0.25, 0.3) is 11.3 Å². The molecule has 0 saturated heterocycles. The minimum atomic E-state index is -1.79. The van der Waals surface area contributed by atoms with Gasteiger partial charge in [-0.15, -0.1) is 0 Å². The number of pyridine rings is 2. The van der Waals surface area contributed by atoms with Crippen LogP contribution >= 0.6 is 0 Å². The van der Waals surface area contributed by atoms with Gasteiger partial charge in [0.05, 0.1) is 25.0 Å².